The lowest BCUT2D eigenvalue weighted by atomic mass is 9.90. The van der Waals surface area contributed by atoms with Crippen molar-refractivity contribution in [1.29, 1.82) is 0 Å². The number of anilines is 1. The molecule has 0 spiro atoms. The lowest BCUT2D eigenvalue weighted by Gasteiger charge is -2.27. The van der Waals surface area contributed by atoms with Gasteiger partial charge in [-0.2, -0.15) is 0 Å². The molecule has 29 heavy (non-hydrogen) atoms. The molecule has 1 aromatic rings. The highest BCUT2D eigenvalue weighted by atomic mass is 16.7. The summed E-state index contributed by atoms with van der Waals surface area (Å²) in [7, 11) is 2.66. The number of unbranched alkanes of at least 4 members (excludes halogenated alkanes) is 3. The molecule has 0 radical (unpaired) electrons. The summed E-state index contributed by atoms with van der Waals surface area (Å²) in [5.74, 6) is 0.874. The Hall–Kier alpha value is -2.28. The predicted molar refractivity (Wildman–Crippen MR) is 110 cm³/mol. The second-order valence-electron chi connectivity index (χ2n) is 8.01. The van der Waals surface area contributed by atoms with Crippen LogP contribution >= 0.6 is 0 Å². The van der Waals surface area contributed by atoms with E-state index in [4.69, 9.17) is 4.74 Å². The number of nitrogens with one attached hydrogen (secondary N) is 1. The fourth-order valence-corrected chi connectivity index (χ4v) is 4.78. The predicted octanol–water partition coefficient (Wildman–Crippen LogP) is 4.03. The molecule has 2 fully saturated rings. The molecule has 2 unspecified atom stereocenters. The molecule has 1 aliphatic carbocycles. The van der Waals surface area contributed by atoms with Gasteiger partial charge in [-0.1, -0.05) is 38.3 Å². The molecule has 7 heteroatoms. The number of piperidine rings is 1. The number of amides is 1. The van der Waals surface area contributed by atoms with Crippen molar-refractivity contribution in [3.63, 3.8) is 0 Å². The fourth-order valence-electron chi connectivity index (χ4n) is 4.78. The van der Waals surface area contributed by atoms with Gasteiger partial charge in [0.25, 0.3) is 0 Å². The number of carbonyl (C=O) groups excluding carboxylic acids is 2. The zero-order valence-corrected chi connectivity index (χ0v) is 17.6. The summed E-state index contributed by atoms with van der Waals surface area (Å²) in [6, 6.07) is 7.75. The number of likely N-dealkylation sites (tertiary alicyclic amines) is 1. The third-order valence-electron chi connectivity index (χ3n) is 6.36. The lowest BCUT2D eigenvalue weighted by Crippen LogP contribution is -2.34. The first kappa shape index (κ1) is 21.4. The van der Waals surface area contributed by atoms with Crippen molar-refractivity contribution in [3.8, 4) is 0 Å². The van der Waals surface area contributed by atoms with Gasteiger partial charge in [-0.05, 0) is 42.5 Å². The van der Waals surface area contributed by atoms with E-state index in [1.54, 1.807) is 0 Å². The molecule has 2 aliphatic rings. The highest BCUT2D eigenvalue weighted by Crippen LogP contribution is 2.63. The molecule has 1 saturated carbocycles. The van der Waals surface area contributed by atoms with Gasteiger partial charge in [-0.15, -0.1) is 0 Å². The van der Waals surface area contributed by atoms with Crippen LogP contribution in [-0.2, 0) is 19.6 Å². The molecule has 3 rings (SSSR count). The van der Waals surface area contributed by atoms with Crippen LogP contribution in [0.3, 0.4) is 0 Å². The Morgan fingerprint density at radius 2 is 1.90 bits per heavy atom. The average Bonchev–Trinajstić information content (AvgIpc) is 3.10. The van der Waals surface area contributed by atoms with E-state index in [9.17, 15) is 9.59 Å². The zero-order chi connectivity index (χ0) is 20.9. The van der Waals surface area contributed by atoms with E-state index in [0.29, 0.717) is 24.1 Å². The molecule has 0 bridgehead atoms. The molecule has 0 aromatic heterocycles. The van der Waals surface area contributed by atoms with Gasteiger partial charge in [0.1, 0.15) is 6.61 Å². The zero-order valence-electron chi connectivity index (χ0n) is 17.6. The Morgan fingerprint density at radius 1 is 1.14 bits per heavy atom. The Labute approximate surface area is 172 Å². The summed E-state index contributed by atoms with van der Waals surface area (Å²) in [5.41, 5.74) is 1.53. The van der Waals surface area contributed by atoms with Crippen LogP contribution in [0.25, 0.3) is 0 Å². The summed E-state index contributed by atoms with van der Waals surface area (Å²) >= 11 is 0. The number of benzene rings is 1. The minimum atomic E-state index is -0.658. The molecule has 1 aliphatic heterocycles. The van der Waals surface area contributed by atoms with Gasteiger partial charge in [-0.25, -0.2) is 9.59 Å². The van der Waals surface area contributed by atoms with Gasteiger partial charge >= 0.3 is 12.2 Å². The largest absolute Gasteiger partial charge is 0.508 e. The molecule has 1 amide bonds. The number of rotatable bonds is 9. The van der Waals surface area contributed by atoms with Crippen LogP contribution in [0.4, 0.5) is 15.3 Å². The number of hydrogen-bond donors (Lipinski definition) is 1. The standard InChI is InChI=1S/C22H32N2O5/c1-4-5-6-7-11-24-13-18-19(14-24)22(18,15-29-21(26)28-3)16-9-8-10-17(12-16)23-20(25)27-2/h8-10,12,18-19H,4-7,11,13-15H2,1-3H3,(H,23,25). The molecule has 160 valence electrons. The van der Waals surface area contributed by atoms with E-state index in [1.165, 1.54) is 39.9 Å². The van der Waals surface area contributed by atoms with Crippen molar-refractivity contribution in [3.05, 3.63) is 29.8 Å². The van der Waals surface area contributed by atoms with Crippen LogP contribution in [0, 0.1) is 11.8 Å². The first-order valence-electron chi connectivity index (χ1n) is 10.4. The quantitative estimate of drug-likeness (QED) is 0.495. The van der Waals surface area contributed by atoms with Crippen molar-refractivity contribution < 1.29 is 23.8 Å². The van der Waals surface area contributed by atoms with E-state index < -0.39 is 12.2 Å². The Bertz CT molecular complexity index is 711. The highest BCUT2D eigenvalue weighted by molar-refractivity contribution is 5.84. The van der Waals surface area contributed by atoms with Crippen molar-refractivity contribution in [2.24, 2.45) is 11.8 Å². The normalized spacial score (nSPS) is 25.2. The third-order valence-corrected chi connectivity index (χ3v) is 6.36. The van der Waals surface area contributed by atoms with Crippen molar-refractivity contribution in [2.45, 2.75) is 38.0 Å². The van der Waals surface area contributed by atoms with Crippen LogP contribution in [-0.4, -0.2) is 57.6 Å². The Balaban J connectivity index is 1.70. The van der Waals surface area contributed by atoms with Crippen LogP contribution in [0.1, 0.15) is 38.2 Å². The van der Waals surface area contributed by atoms with Crippen LogP contribution in [0.15, 0.2) is 24.3 Å². The highest BCUT2D eigenvalue weighted by Gasteiger charge is 2.69. The summed E-state index contributed by atoms with van der Waals surface area (Å²) in [6.07, 6.45) is 3.88. The molecule has 1 N–H and O–H groups in total. The smallest absolute Gasteiger partial charge is 0.453 e. The lowest BCUT2D eigenvalue weighted by molar-refractivity contribution is 0.0590. The van der Waals surface area contributed by atoms with Crippen LogP contribution in [0.2, 0.25) is 0 Å². The molecular formula is C22H32N2O5. The number of carbonyl (C=O) groups is 2. The molecule has 7 nitrogen and oxygen atoms in total. The number of ether oxygens (including phenoxy) is 3. The Kier molecular flexibility index (Phi) is 7.00. The minimum Gasteiger partial charge on any atom is -0.453 e. The van der Waals surface area contributed by atoms with Gasteiger partial charge in [0.05, 0.1) is 14.2 Å². The van der Waals surface area contributed by atoms with Gasteiger partial charge in [0.15, 0.2) is 0 Å². The SMILES string of the molecule is CCCCCCN1CC2C(C1)C2(COC(=O)OC)c1cccc(NC(=O)OC)c1. The summed E-state index contributed by atoms with van der Waals surface area (Å²) in [5, 5.41) is 2.72. The minimum absolute atomic E-state index is 0.220. The van der Waals surface area contributed by atoms with Crippen molar-refractivity contribution >= 4 is 17.9 Å². The number of fused-ring (bicyclic) bond motifs is 1. The third kappa shape index (κ3) is 4.66. The van der Waals surface area contributed by atoms with Gasteiger partial charge in [-0.3, -0.25) is 5.32 Å². The summed E-state index contributed by atoms with van der Waals surface area (Å²) < 4.78 is 14.8. The van der Waals surface area contributed by atoms with Crippen LogP contribution in [0.5, 0.6) is 0 Å². The van der Waals surface area contributed by atoms with Gasteiger partial charge in [0, 0.05) is 24.2 Å². The molecule has 1 heterocycles. The van der Waals surface area contributed by atoms with E-state index in [2.05, 4.69) is 26.6 Å². The van der Waals surface area contributed by atoms with E-state index >= 15 is 0 Å². The maximum atomic E-state index is 11.6. The van der Waals surface area contributed by atoms with Crippen molar-refractivity contribution in [1.82, 2.24) is 4.90 Å². The topological polar surface area (TPSA) is 77.1 Å². The van der Waals surface area contributed by atoms with Crippen LogP contribution < -0.4 is 5.32 Å². The van der Waals surface area contributed by atoms with E-state index in [1.807, 2.05) is 24.3 Å². The number of hydrogen-bond acceptors (Lipinski definition) is 6. The molecular weight excluding hydrogens is 372 g/mol. The van der Waals surface area contributed by atoms with Gasteiger partial charge < -0.3 is 19.1 Å². The summed E-state index contributed by atoms with van der Waals surface area (Å²) in [6.45, 7) is 5.67. The number of nitrogens with zero attached hydrogens (tertiary/aromatic N) is 1. The van der Waals surface area contributed by atoms with Crippen molar-refractivity contribution in [2.75, 3.05) is 45.8 Å². The Morgan fingerprint density at radius 3 is 2.55 bits per heavy atom. The maximum Gasteiger partial charge on any atom is 0.508 e. The first-order chi connectivity index (χ1) is 14.0. The molecule has 2 atom stereocenters. The summed E-state index contributed by atoms with van der Waals surface area (Å²) in [4.78, 5) is 25.7. The maximum absolute atomic E-state index is 11.6. The van der Waals surface area contributed by atoms with E-state index in [-0.39, 0.29) is 5.41 Å². The second-order valence-corrected chi connectivity index (χ2v) is 8.01. The molecule has 1 saturated heterocycles. The van der Waals surface area contributed by atoms with Gasteiger partial charge in [0.2, 0.25) is 0 Å². The monoisotopic (exact) mass is 404 g/mol. The number of methoxy groups -OCH3 is 2. The second kappa shape index (κ2) is 9.48. The molecule has 1 aromatic carbocycles. The fraction of sp³-hybridized carbons (Fsp3) is 0.636. The first-order valence-corrected chi connectivity index (χ1v) is 10.4. The average molecular weight is 405 g/mol. The van der Waals surface area contributed by atoms with E-state index in [0.717, 1.165) is 25.2 Å².